The molecule has 0 radical (unpaired) electrons. The molecule has 0 spiro atoms. The molecule has 2 aromatic rings. The number of aromatic nitrogens is 1. The molecule has 1 aliphatic rings. The van der Waals surface area contributed by atoms with Gasteiger partial charge in [0.15, 0.2) is 0 Å². The number of rotatable bonds is 6. The van der Waals surface area contributed by atoms with Crippen LogP contribution in [0.15, 0.2) is 40.3 Å². The highest BCUT2D eigenvalue weighted by Crippen LogP contribution is 2.40. The topological polar surface area (TPSA) is 63.0 Å². The Morgan fingerprint density at radius 3 is 2.56 bits per heavy atom. The zero-order chi connectivity index (χ0) is 17.8. The van der Waals surface area contributed by atoms with Gasteiger partial charge < -0.3 is 4.74 Å². The number of nitriles is 1. The smallest absolute Gasteiger partial charge is 0.339 e. The average Bonchev–Trinajstić information content (AvgIpc) is 3.50. The Labute approximate surface area is 156 Å². The van der Waals surface area contributed by atoms with Gasteiger partial charge in [-0.25, -0.2) is 9.78 Å². The highest BCUT2D eigenvalue weighted by atomic mass is 32.2. The molecule has 0 aliphatic heterocycles. The fourth-order valence-corrected chi connectivity index (χ4v) is 3.46. The first-order valence-electron chi connectivity index (χ1n) is 7.95. The number of nitrogens with zero attached hydrogens (tertiary/aromatic N) is 2. The second-order valence-electron chi connectivity index (χ2n) is 5.79. The Bertz CT molecular complexity index is 825. The predicted molar refractivity (Wildman–Crippen MR) is 100 cm³/mol. The van der Waals surface area contributed by atoms with Gasteiger partial charge in [-0.15, -0.1) is 23.5 Å². The molecule has 0 unspecified atom stereocenters. The Morgan fingerprint density at radius 2 is 2.00 bits per heavy atom. The summed E-state index contributed by atoms with van der Waals surface area (Å²) in [6.45, 7) is 0.189. The monoisotopic (exact) mass is 370 g/mol. The number of carbonyl (C=O) groups excluding carboxylic acids is 1. The van der Waals surface area contributed by atoms with Crippen LogP contribution in [0, 0.1) is 11.3 Å². The van der Waals surface area contributed by atoms with Crippen LogP contribution in [0.2, 0.25) is 0 Å². The normalized spacial score (nSPS) is 13.3. The van der Waals surface area contributed by atoms with Crippen molar-refractivity contribution >= 4 is 29.5 Å². The van der Waals surface area contributed by atoms with Crippen molar-refractivity contribution in [3.63, 3.8) is 0 Å². The van der Waals surface area contributed by atoms with Crippen molar-refractivity contribution in [2.45, 2.75) is 35.3 Å². The summed E-state index contributed by atoms with van der Waals surface area (Å²) in [6, 6.07) is 11.7. The summed E-state index contributed by atoms with van der Waals surface area (Å²) in [6.07, 6.45) is 6.05. The standard InChI is InChI=1S/C19H18N2O2S2/c1-24-14-7-3-12(4-8-14)11-23-19(22)15-9-17(13-5-6-13)21-18(25-2)16(15)10-20/h3-4,7-9,13H,5-6,11H2,1-2H3. The van der Waals surface area contributed by atoms with Gasteiger partial charge in [0.25, 0.3) is 0 Å². The SMILES string of the molecule is CSc1ccc(COC(=O)c2cc(C3CC3)nc(SC)c2C#N)cc1. The minimum absolute atomic E-state index is 0.189. The van der Waals surface area contributed by atoms with E-state index in [0.717, 1.165) is 29.0 Å². The van der Waals surface area contributed by atoms with Gasteiger partial charge in [-0.05, 0) is 49.1 Å². The molecule has 0 saturated heterocycles. The van der Waals surface area contributed by atoms with Gasteiger partial charge in [-0.3, -0.25) is 0 Å². The number of hydrogen-bond acceptors (Lipinski definition) is 6. The van der Waals surface area contributed by atoms with Crippen molar-refractivity contribution < 1.29 is 9.53 Å². The van der Waals surface area contributed by atoms with Crippen molar-refractivity contribution in [2.24, 2.45) is 0 Å². The number of esters is 1. The average molecular weight is 370 g/mol. The van der Waals surface area contributed by atoms with E-state index < -0.39 is 5.97 Å². The van der Waals surface area contributed by atoms with Crippen molar-refractivity contribution in [3.05, 3.63) is 52.7 Å². The number of carbonyl (C=O) groups is 1. The van der Waals surface area contributed by atoms with E-state index in [4.69, 9.17) is 4.74 Å². The van der Waals surface area contributed by atoms with Gasteiger partial charge in [-0.2, -0.15) is 5.26 Å². The number of pyridine rings is 1. The molecule has 1 aromatic carbocycles. The van der Waals surface area contributed by atoms with Crippen LogP contribution >= 0.6 is 23.5 Å². The Morgan fingerprint density at radius 1 is 1.28 bits per heavy atom. The minimum atomic E-state index is -0.468. The predicted octanol–water partition coefficient (Wildman–Crippen LogP) is 4.63. The van der Waals surface area contributed by atoms with Gasteiger partial charge in [0, 0.05) is 16.5 Å². The highest BCUT2D eigenvalue weighted by Gasteiger charge is 2.28. The molecule has 0 bridgehead atoms. The fraction of sp³-hybridized carbons (Fsp3) is 0.316. The number of ether oxygens (including phenoxy) is 1. The molecular formula is C19H18N2O2S2. The van der Waals surface area contributed by atoms with Gasteiger partial charge in [-0.1, -0.05) is 12.1 Å². The molecule has 3 rings (SSSR count). The van der Waals surface area contributed by atoms with Crippen LogP contribution in [0.1, 0.15) is 45.9 Å². The number of thioether (sulfide) groups is 2. The molecule has 25 heavy (non-hydrogen) atoms. The van der Waals surface area contributed by atoms with E-state index in [0.29, 0.717) is 22.1 Å². The molecule has 4 nitrogen and oxygen atoms in total. The summed E-state index contributed by atoms with van der Waals surface area (Å²) in [4.78, 5) is 18.3. The summed E-state index contributed by atoms with van der Waals surface area (Å²) in [5.74, 6) is -0.0608. The van der Waals surface area contributed by atoms with Crippen LogP contribution in [0.3, 0.4) is 0 Å². The highest BCUT2D eigenvalue weighted by molar-refractivity contribution is 7.98. The fourth-order valence-electron chi connectivity index (χ4n) is 2.49. The Balaban J connectivity index is 1.80. The van der Waals surface area contributed by atoms with E-state index >= 15 is 0 Å². The Kier molecular flexibility index (Phi) is 5.67. The lowest BCUT2D eigenvalue weighted by atomic mass is 10.1. The van der Waals surface area contributed by atoms with Crippen LogP contribution in [0.25, 0.3) is 0 Å². The molecular weight excluding hydrogens is 352 g/mol. The third kappa shape index (κ3) is 4.17. The first kappa shape index (κ1) is 17.8. The Hall–Kier alpha value is -1.97. The third-order valence-corrected chi connectivity index (χ3v) is 5.48. The quantitative estimate of drug-likeness (QED) is 0.546. The number of hydrogen-bond donors (Lipinski definition) is 0. The summed E-state index contributed by atoms with van der Waals surface area (Å²) in [7, 11) is 0. The van der Waals surface area contributed by atoms with E-state index in [2.05, 4.69) is 11.1 Å². The zero-order valence-electron chi connectivity index (χ0n) is 14.1. The van der Waals surface area contributed by atoms with Crippen LogP contribution in [-0.2, 0) is 11.3 Å². The maximum absolute atomic E-state index is 12.6. The lowest BCUT2D eigenvalue weighted by molar-refractivity contribution is 0.0471. The van der Waals surface area contributed by atoms with E-state index in [1.54, 1.807) is 17.8 Å². The molecule has 1 fully saturated rings. The van der Waals surface area contributed by atoms with Crippen LogP contribution in [0.4, 0.5) is 0 Å². The molecule has 1 aromatic heterocycles. The maximum atomic E-state index is 12.6. The summed E-state index contributed by atoms with van der Waals surface area (Å²) < 4.78 is 5.45. The van der Waals surface area contributed by atoms with Gasteiger partial charge in [0.05, 0.1) is 11.1 Å². The van der Waals surface area contributed by atoms with Crippen molar-refractivity contribution in [3.8, 4) is 6.07 Å². The van der Waals surface area contributed by atoms with Gasteiger partial charge >= 0.3 is 5.97 Å². The van der Waals surface area contributed by atoms with Crippen molar-refractivity contribution in [1.29, 1.82) is 5.26 Å². The maximum Gasteiger partial charge on any atom is 0.339 e. The lowest BCUT2D eigenvalue weighted by Crippen LogP contribution is -2.10. The second kappa shape index (κ2) is 7.94. The molecule has 1 heterocycles. The molecule has 0 N–H and O–H groups in total. The first-order valence-corrected chi connectivity index (χ1v) is 10.4. The van der Waals surface area contributed by atoms with Crippen molar-refractivity contribution in [1.82, 2.24) is 4.98 Å². The zero-order valence-corrected chi connectivity index (χ0v) is 15.7. The van der Waals surface area contributed by atoms with E-state index in [1.807, 2.05) is 36.8 Å². The van der Waals surface area contributed by atoms with Gasteiger partial charge in [0.2, 0.25) is 0 Å². The molecule has 128 valence electrons. The van der Waals surface area contributed by atoms with E-state index in [9.17, 15) is 10.1 Å². The third-order valence-electron chi connectivity index (χ3n) is 4.06. The van der Waals surface area contributed by atoms with Crippen LogP contribution in [0.5, 0.6) is 0 Å². The largest absolute Gasteiger partial charge is 0.457 e. The lowest BCUT2D eigenvalue weighted by Gasteiger charge is -2.11. The molecule has 0 atom stereocenters. The molecule has 6 heteroatoms. The molecule has 1 aliphatic carbocycles. The molecule has 0 amide bonds. The number of benzene rings is 1. The first-order chi connectivity index (χ1) is 12.2. The van der Waals surface area contributed by atoms with E-state index in [1.165, 1.54) is 11.8 Å². The van der Waals surface area contributed by atoms with E-state index in [-0.39, 0.29) is 6.61 Å². The summed E-state index contributed by atoms with van der Waals surface area (Å²) in [5.41, 5.74) is 2.44. The summed E-state index contributed by atoms with van der Waals surface area (Å²) >= 11 is 3.05. The van der Waals surface area contributed by atoms with Gasteiger partial charge in [0.1, 0.15) is 17.7 Å². The van der Waals surface area contributed by atoms with Crippen LogP contribution < -0.4 is 0 Å². The second-order valence-corrected chi connectivity index (χ2v) is 7.46. The minimum Gasteiger partial charge on any atom is -0.457 e. The van der Waals surface area contributed by atoms with Crippen LogP contribution in [-0.4, -0.2) is 23.5 Å². The summed E-state index contributed by atoms with van der Waals surface area (Å²) in [5, 5.41) is 10.1. The molecule has 1 saturated carbocycles. The van der Waals surface area contributed by atoms with Crippen molar-refractivity contribution in [2.75, 3.05) is 12.5 Å².